The second kappa shape index (κ2) is 5.61. The number of aryl methyl sites for hydroxylation is 1. The fourth-order valence-corrected chi connectivity index (χ4v) is 1.62. The average molecular weight is 281 g/mol. The fraction of sp³-hybridized carbons (Fsp3) is 0.417. The zero-order chi connectivity index (χ0) is 13.9. The van der Waals surface area contributed by atoms with Crippen LogP contribution >= 0.6 is 11.6 Å². The van der Waals surface area contributed by atoms with Crippen LogP contribution in [-0.4, -0.2) is 12.1 Å². The number of hydrogen-bond acceptors (Lipinski definition) is 2. The summed E-state index contributed by atoms with van der Waals surface area (Å²) >= 11 is 5.77. The predicted molar refractivity (Wildman–Crippen MR) is 61.8 cm³/mol. The van der Waals surface area contributed by atoms with Gasteiger partial charge in [0.15, 0.2) is 5.78 Å². The first-order valence-corrected chi connectivity index (χ1v) is 5.71. The second-order valence-corrected chi connectivity index (χ2v) is 4.18. The molecule has 0 saturated heterocycles. The van der Waals surface area contributed by atoms with Crippen molar-refractivity contribution >= 4 is 17.4 Å². The van der Waals surface area contributed by atoms with Gasteiger partial charge in [-0.1, -0.05) is 19.1 Å². The highest BCUT2D eigenvalue weighted by molar-refractivity contribution is 6.31. The lowest BCUT2D eigenvalue weighted by Gasteiger charge is -2.16. The molecule has 0 N–H and O–H groups in total. The molecule has 1 rings (SSSR count). The summed E-state index contributed by atoms with van der Waals surface area (Å²) in [6.07, 6.45) is -4.25. The van der Waals surface area contributed by atoms with Crippen molar-refractivity contribution in [3.8, 4) is 5.75 Å². The van der Waals surface area contributed by atoms with Gasteiger partial charge in [0.2, 0.25) is 0 Å². The van der Waals surface area contributed by atoms with Crippen molar-refractivity contribution in [2.75, 3.05) is 0 Å². The maximum Gasteiger partial charge on any atom is 0.573 e. The molecular weight excluding hydrogens is 269 g/mol. The lowest BCUT2D eigenvalue weighted by Crippen LogP contribution is -2.19. The van der Waals surface area contributed by atoms with Crippen LogP contribution in [-0.2, 0) is 11.2 Å². The molecule has 1 aromatic rings. The van der Waals surface area contributed by atoms with E-state index >= 15 is 0 Å². The Hall–Kier alpha value is -1.23. The molecule has 1 aromatic carbocycles. The van der Waals surface area contributed by atoms with Crippen molar-refractivity contribution in [2.24, 2.45) is 0 Å². The number of ketones is 1. The van der Waals surface area contributed by atoms with Crippen LogP contribution in [0.15, 0.2) is 18.2 Å². The van der Waals surface area contributed by atoms with Gasteiger partial charge in [-0.25, -0.2) is 0 Å². The Labute approximate surface area is 108 Å². The van der Waals surface area contributed by atoms with Crippen LogP contribution in [0.5, 0.6) is 5.75 Å². The van der Waals surface area contributed by atoms with E-state index < -0.39 is 23.3 Å². The quantitative estimate of drug-likeness (QED) is 0.779. The largest absolute Gasteiger partial charge is 0.573 e. The zero-order valence-electron chi connectivity index (χ0n) is 9.84. The van der Waals surface area contributed by atoms with Crippen molar-refractivity contribution in [1.82, 2.24) is 0 Å². The normalized spacial score (nSPS) is 13.2. The van der Waals surface area contributed by atoms with Crippen LogP contribution in [0.4, 0.5) is 13.2 Å². The number of carbonyl (C=O) groups is 1. The minimum Gasteiger partial charge on any atom is -0.405 e. The van der Waals surface area contributed by atoms with E-state index in [-0.39, 0.29) is 5.56 Å². The Morgan fingerprint density at radius 1 is 1.44 bits per heavy atom. The van der Waals surface area contributed by atoms with Gasteiger partial charge in [-0.05, 0) is 25.0 Å². The van der Waals surface area contributed by atoms with E-state index in [0.29, 0.717) is 12.0 Å². The Balaban J connectivity index is 3.20. The second-order valence-electron chi connectivity index (χ2n) is 3.75. The summed E-state index contributed by atoms with van der Waals surface area (Å²) in [6, 6.07) is 4.26. The molecule has 0 bridgehead atoms. The van der Waals surface area contributed by atoms with Gasteiger partial charge in [0.25, 0.3) is 0 Å². The Morgan fingerprint density at radius 3 is 2.50 bits per heavy atom. The van der Waals surface area contributed by atoms with Gasteiger partial charge in [-0.3, -0.25) is 4.79 Å². The van der Waals surface area contributed by atoms with Crippen LogP contribution in [0.25, 0.3) is 0 Å². The molecule has 0 spiro atoms. The van der Waals surface area contributed by atoms with Gasteiger partial charge in [-0.15, -0.1) is 24.8 Å². The number of Topliss-reactive ketones (excluding diaryl/α,β-unsaturated/α-hetero) is 1. The number of ether oxygens (including phenoxy) is 1. The third-order valence-electron chi connectivity index (χ3n) is 2.34. The van der Waals surface area contributed by atoms with Crippen LogP contribution in [0.2, 0.25) is 0 Å². The maximum absolute atomic E-state index is 12.3. The first-order chi connectivity index (χ1) is 8.24. The van der Waals surface area contributed by atoms with Gasteiger partial charge in [0.1, 0.15) is 11.1 Å². The van der Waals surface area contributed by atoms with E-state index in [9.17, 15) is 18.0 Å². The van der Waals surface area contributed by atoms with Crippen molar-refractivity contribution in [3.05, 3.63) is 29.3 Å². The molecule has 0 aliphatic carbocycles. The van der Waals surface area contributed by atoms with Gasteiger partial charge in [0.05, 0.1) is 0 Å². The Bertz CT molecular complexity index is 443. The third-order valence-corrected chi connectivity index (χ3v) is 2.88. The number of halogens is 4. The summed E-state index contributed by atoms with van der Waals surface area (Å²) in [5, 5.41) is -1.15. The van der Waals surface area contributed by atoms with Crippen molar-refractivity contribution in [1.29, 1.82) is 0 Å². The molecular formula is C12H12ClF3O2. The molecule has 100 valence electrons. The topological polar surface area (TPSA) is 26.3 Å². The molecule has 6 heteroatoms. The van der Waals surface area contributed by atoms with Crippen LogP contribution in [0.3, 0.4) is 0 Å². The standard InChI is InChI=1S/C12H12ClF3O2/c1-3-8-4-5-9(11(13)7(2)17)10(6-8)18-12(14,15)16/h4-6,11H,3H2,1-2H3. The van der Waals surface area contributed by atoms with Gasteiger partial charge < -0.3 is 4.74 Å². The maximum atomic E-state index is 12.3. The molecule has 0 aliphatic heterocycles. The molecule has 18 heavy (non-hydrogen) atoms. The first-order valence-electron chi connectivity index (χ1n) is 5.27. The van der Waals surface area contributed by atoms with Crippen LogP contribution in [0.1, 0.15) is 30.4 Å². The number of alkyl halides is 4. The molecule has 0 heterocycles. The fourth-order valence-electron chi connectivity index (χ4n) is 1.44. The SMILES string of the molecule is CCc1ccc(C(Cl)C(C)=O)c(OC(F)(F)F)c1. The predicted octanol–water partition coefficient (Wildman–Crippen LogP) is 4.02. The first kappa shape index (κ1) is 14.8. The van der Waals surface area contributed by atoms with E-state index in [4.69, 9.17) is 11.6 Å². The van der Waals surface area contributed by atoms with Crippen LogP contribution in [0, 0.1) is 0 Å². The summed E-state index contributed by atoms with van der Waals surface area (Å²) in [7, 11) is 0. The van der Waals surface area contributed by atoms with E-state index in [2.05, 4.69) is 4.74 Å². The molecule has 1 atom stereocenters. The summed E-state index contributed by atoms with van der Waals surface area (Å²) in [6.45, 7) is 3.01. The Kier molecular flexibility index (Phi) is 4.62. The van der Waals surface area contributed by atoms with Gasteiger partial charge in [-0.2, -0.15) is 0 Å². The molecule has 0 amide bonds. The van der Waals surface area contributed by atoms with Crippen molar-refractivity contribution < 1.29 is 22.7 Å². The zero-order valence-corrected chi connectivity index (χ0v) is 10.6. The van der Waals surface area contributed by atoms with E-state index in [1.165, 1.54) is 19.1 Å². The summed E-state index contributed by atoms with van der Waals surface area (Å²) in [4.78, 5) is 11.1. The van der Waals surface area contributed by atoms with Crippen molar-refractivity contribution in [3.63, 3.8) is 0 Å². The summed E-state index contributed by atoms with van der Waals surface area (Å²) < 4.78 is 40.7. The summed E-state index contributed by atoms with van der Waals surface area (Å²) in [5.74, 6) is -0.856. The van der Waals surface area contributed by atoms with E-state index in [1.54, 1.807) is 13.0 Å². The molecule has 0 radical (unpaired) electrons. The minimum absolute atomic E-state index is 0.0266. The number of benzene rings is 1. The summed E-state index contributed by atoms with van der Waals surface area (Å²) in [5.41, 5.74) is 0.698. The highest BCUT2D eigenvalue weighted by atomic mass is 35.5. The van der Waals surface area contributed by atoms with E-state index in [0.717, 1.165) is 0 Å². The number of hydrogen-bond donors (Lipinski definition) is 0. The minimum atomic E-state index is -4.81. The number of carbonyl (C=O) groups excluding carboxylic acids is 1. The molecule has 2 nitrogen and oxygen atoms in total. The smallest absolute Gasteiger partial charge is 0.405 e. The number of rotatable bonds is 4. The molecule has 0 aromatic heterocycles. The highest BCUT2D eigenvalue weighted by Crippen LogP contribution is 2.34. The average Bonchev–Trinajstić information content (AvgIpc) is 2.25. The van der Waals surface area contributed by atoms with Gasteiger partial charge in [0, 0.05) is 5.56 Å². The lowest BCUT2D eigenvalue weighted by molar-refractivity contribution is -0.274. The van der Waals surface area contributed by atoms with Crippen LogP contribution < -0.4 is 4.74 Å². The molecule has 0 fully saturated rings. The third kappa shape index (κ3) is 3.91. The Morgan fingerprint density at radius 2 is 2.06 bits per heavy atom. The van der Waals surface area contributed by atoms with Gasteiger partial charge >= 0.3 is 6.36 Å². The van der Waals surface area contributed by atoms with E-state index in [1.807, 2.05) is 0 Å². The lowest BCUT2D eigenvalue weighted by atomic mass is 10.0. The molecule has 0 saturated carbocycles. The van der Waals surface area contributed by atoms with Crippen molar-refractivity contribution in [2.45, 2.75) is 32.0 Å². The molecule has 1 unspecified atom stereocenters. The molecule has 0 aliphatic rings. The monoisotopic (exact) mass is 280 g/mol. The highest BCUT2D eigenvalue weighted by Gasteiger charge is 2.33.